The van der Waals surface area contributed by atoms with Crippen LogP contribution in [-0.2, 0) is 4.79 Å². The lowest BCUT2D eigenvalue weighted by Crippen LogP contribution is -2.45. The molecular weight excluding hydrogens is 335 g/mol. The van der Waals surface area contributed by atoms with Gasteiger partial charge >= 0.3 is 0 Å². The lowest BCUT2D eigenvalue weighted by molar-refractivity contribution is -0.134. The Kier molecular flexibility index (Phi) is 5.99. The molecule has 4 nitrogen and oxygen atoms in total. The number of hydrogen-bond donors (Lipinski definition) is 1. The van der Waals surface area contributed by atoms with Gasteiger partial charge < -0.3 is 15.0 Å². The van der Waals surface area contributed by atoms with E-state index >= 15 is 0 Å². The summed E-state index contributed by atoms with van der Waals surface area (Å²) in [5.41, 5.74) is 0. The fraction of sp³-hybridized carbons (Fsp3) is 0.500. The Labute approximate surface area is 139 Å². The molecule has 0 atom stereocenters. The molecule has 2 rings (SSSR count). The maximum Gasteiger partial charge on any atom is 0.260 e. The molecule has 0 saturated carbocycles. The standard InChI is InChI=1S/C14H17Cl3N2O2/c1-19(9-2-4-18-5-3-9)14(20)8-21-13-7-11(16)10(15)6-12(13)17/h6-7,9,18H,2-5,8H2,1H3. The van der Waals surface area contributed by atoms with Crippen molar-refractivity contribution in [1.29, 1.82) is 0 Å². The van der Waals surface area contributed by atoms with Crippen molar-refractivity contribution >= 4 is 40.7 Å². The van der Waals surface area contributed by atoms with Gasteiger partial charge in [-0.05, 0) is 32.0 Å². The van der Waals surface area contributed by atoms with Crippen LogP contribution in [-0.4, -0.2) is 43.6 Å². The molecule has 1 amide bonds. The molecule has 1 heterocycles. The van der Waals surface area contributed by atoms with Crippen LogP contribution in [0, 0.1) is 0 Å². The molecule has 0 unspecified atom stereocenters. The summed E-state index contributed by atoms with van der Waals surface area (Å²) in [5.74, 6) is 0.280. The molecule has 0 aliphatic carbocycles. The number of likely N-dealkylation sites (N-methyl/N-ethyl adjacent to an activating group) is 1. The Balaban J connectivity index is 1.93. The van der Waals surface area contributed by atoms with Crippen LogP contribution in [0.3, 0.4) is 0 Å². The van der Waals surface area contributed by atoms with E-state index < -0.39 is 0 Å². The van der Waals surface area contributed by atoms with E-state index in [0.29, 0.717) is 20.8 Å². The summed E-state index contributed by atoms with van der Waals surface area (Å²) in [6.07, 6.45) is 1.91. The molecule has 1 aliphatic rings. The number of piperidine rings is 1. The van der Waals surface area contributed by atoms with Gasteiger partial charge in [-0.25, -0.2) is 0 Å². The van der Waals surface area contributed by atoms with Crippen molar-refractivity contribution in [2.24, 2.45) is 0 Å². The third-order valence-corrected chi connectivity index (χ3v) is 4.59. The van der Waals surface area contributed by atoms with Gasteiger partial charge in [-0.1, -0.05) is 34.8 Å². The van der Waals surface area contributed by atoms with E-state index in [1.165, 1.54) is 12.1 Å². The molecule has 0 aromatic heterocycles. The summed E-state index contributed by atoms with van der Waals surface area (Å²) < 4.78 is 5.46. The van der Waals surface area contributed by atoms with Crippen molar-refractivity contribution in [3.8, 4) is 5.75 Å². The van der Waals surface area contributed by atoms with Crippen molar-refractivity contribution in [2.75, 3.05) is 26.7 Å². The normalized spacial score (nSPS) is 15.8. The predicted octanol–water partition coefficient (Wildman–Crippen LogP) is 3.24. The summed E-state index contributed by atoms with van der Waals surface area (Å²) in [6, 6.07) is 3.28. The van der Waals surface area contributed by atoms with E-state index in [9.17, 15) is 4.79 Å². The highest BCUT2D eigenvalue weighted by molar-refractivity contribution is 6.43. The van der Waals surface area contributed by atoms with Crippen molar-refractivity contribution in [3.05, 3.63) is 27.2 Å². The average molecular weight is 352 g/mol. The molecule has 1 saturated heterocycles. The third kappa shape index (κ3) is 4.39. The first-order chi connectivity index (χ1) is 9.99. The molecule has 21 heavy (non-hydrogen) atoms. The van der Waals surface area contributed by atoms with E-state index in [1.807, 2.05) is 0 Å². The lowest BCUT2D eigenvalue weighted by atomic mass is 10.1. The topological polar surface area (TPSA) is 41.6 Å². The first kappa shape index (κ1) is 16.7. The number of benzene rings is 1. The van der Waals surface area contributed by atoms with Gasteiger partial charge in [-0.3, -0.25) is 4.79 Å². The molecule has 1 fully saturated rings. The summed E-state index contributed by atoms with van der Waals surface area (Å²) in [7, 11) is 1.80. The number of halogens is 3. The molecule has 0 radical (unpaired) electrons. The van der Waals surface area contributed by atoms with E-state index in [4.69, 9.17) is 39.5 Å². The maximum atomic E-state index is 12.2. The second-order valence-corrected chi connectivity index (χ2v) is 6.19. The van der Waals surface area contributed by atoms with Gasteiger partial charge in [0.2, 0.25) is 0 Å². The summed E-state index contributed by atoms with van der Waals surface area (Å²) in [6.45, 7) is 1.79. The molecule has 1 aliphatic heterocycles. The van der Waals surface area contributed by atoms with Crippen LogP contribution >= 0.6 is 34.8 Å². The zero-order valence-corrected chi connectivity index (χ0v) is 13.9. The second-order valence-electron chi connectivity index (χ2n) is 4.97. The second kappa shape index (κ2) is 7.54. The van der Waals surface area contributed by atoms with Crippen molar-refractivity contribution in [1.82, 2.24) is 10.2 Å². The highest BCUT2D eigenvalue weighted by Crippen LogP contribution is 2.33. The highest BCUT2D eigenvalue weighted by atomic mass is 35.5. The minimum absolute atomic E-state index is 0.0713. The summed E-state index contributed by atoms with van der Waals surface area (Å²) in [4.78, 5) is 13.9. The van der Waals surface area contributed by atoms with Crippen molar-refractivity contribution in [3.63, 3.8) is 0 Å². The lowest BCUT2D eigenvalue weighted by Gasteiger charge is -2.31. The SMILES string of the molecule is CN(C(=O)COc1cc(Cl)c(Cl)cc1Cl)C1CCNCC1. The maximum absolute atomic E-state index is 12.2. The molecule has 0 bridgehead atoms. The van der Waals surface area contributed by atoms with E-state index in [-0.39, 0.29) is 18.6 Å². The zero-order chi connectivity index (χ0) is 15.4. The van der Waals surface area contributed by atoms with Crippen LogP contribution in [0.2, 0.25) is 15.1 Å². The molecule has 7 heteroatoms. The number of ether oxygens (including phenoxy) is 1. The fourth-order valence-corrected chi connectivity index (χ4v) is 2.85. The predicted molar refractivity (Wildman–Crippen MR) is 85.6 cm³/mol. The van der Waals surface area contributed by atoms with Crippen molar-refractivity contribution < 1.29 is 9.53 Å². The molecular formula is C14H17Cl3N2O2. The number of carbonyl (C=O) groups excluding carboxylic acids is 1. The molecule has 1 aromatic rings. The Hall–Kier alpha value is -0.680. The molecule has 0 spiro atoms. The van der Waals surface area contributed by atoms with Crippen LogP contribution in [0.5, 0.6) is 5.75 Å². The smallest absolute Gasteiger partial charge is 0.260 e. The highest BCUT2D eigenvalue weighted by Gasteiger charge is 2.22. The van der Waals surface area contributed by atoms with Gasteiger partial charge in [0.05, 0.1) is 15.1 Å². The van der Waals surface area contributed by atoms with Gasteiger partial charge in [0.25, 0.3) is 5.91 Å². The first-order valence-electron chi connectivity index (χ1n) is 6.72. The van der Waals surface area contributed by atoms with Crippen LogP contribution in [0.1, 0.15) is 12.8 Å². The quantitative estimate of drug-likeness (QED) is 0.847. The van der Waals surface area contributed by atoms with Crippen LogP contribution < -0.4 is 10.1 Å². The Bertz CT molecular complexity index is 519. The van der Waals surface area contributed by atoms with E-state index in [2.05, 4.69) is 5.32 Å². The Morgan fingerprint density at radius 3 is 2.52 bits per heavy atom. The van der Waals surface area contributed by atoms with Crippen LogP contribution in [0.25, 0.3) is 0 Å². The molecule has 1 aromatic carbocycles. The van der Waals surface area contributed by atoms with Gasteiger partial charge in [0.1, 0.15) is 5.75 Å². The third-order valence-electron chi connectivity index (χ3n) is 3.58. The largest absolute Gasteiger partial charge is 0.482 e. The minimum Gasteiger partial charge on any atom is -0.482 e. The Morgan fingerprint density at radius 2 is 1.86 bits per heavy atom. The number of amides is 1. The van der Waals surface area contributed by atoms with Gasteiger partial charge in [-0.2, -0.15) is 0 Å². The van der Waals surface area contributed by atoms with Gasteiger partial charge in [-0.15, -0.1) is 0 Å². The van der Waals surface area contributed by atoms with Crippen LogP contribution in [0.15, 0.2) is 12.1 Å². The number of nitrogens with one attached hydrogen (secondary N) is 1. The fourth-order valence-electron chi connectivity index (χ4n) is 2.25. The van der Waals surface area contributed by atoms with Crippen LogP contribution in [0.4, 0.5) is 0 Å². The molecule has 1 N–H and O–H groups in total. The molecule has 116 valence electrons. The minimum atomic E-state index is -0.0796. The number of nitrogens with zero attached hydrogens (tertiary/aromatic N) is 1. The van der Waals surface area contributed by atoms with E-state index in [0.717, 1.165) is 25.9 Å². The van der Waals surface area contributed by atoms with Crippen molar-refractivity contribution in [2.45, 2.75) is 18.9 Å². The number of rotatable bonds is 4. The van der Waals surface area contributed by atoms with Gasteiger partial charge in [0.15, 0.2) is 6.61 Å². The van der Waals surface area contributed by atoms with E-state index in [1.54, 1.807) is 11.9 Å². The monoisotopic (exact) mass is 350 g/mol. The first-order valence-corrected chi connectivity index (χ1v) is 7.86. The summed E-state index contributed by atoms with van der Waals surface area (Å²) >= 11 is 17.8. The van der Waals surface area contributed by atoms with Gasteiger partial charge in [0, 0.05) is 19.2 Å². The average Bonchev–Trinajstić information content (AvgIpc) is 2.49. The number of carbonyl (C=O) groups is 1. The number of hydrogen-bond acceptors (Lipinski definition) is 3. The summed E-state index contributed by atoms with van der Waals surface area (Å²) in [5, 5.41) is 4.30. The zero-order valence-electron chi connectivity index (χ0n) is 11.7. The Morgan fingerprint density at radius 1 is 1.24 bits per heavy atom.